The Kier molecular flexibility index (Phi) is 8.43. The second-order valence-electron chi connectivity index (χ2n) is 10.4. The largest absolute Gasteiger partial charge is 0.477 e. The number of carboxylic acid groups (broad SMARTS) is 1. The maximum Gasteiger partial charge on any atom is 0.348 e. The van der Waals surface area contributed by atoms with Crippen LogP contribution in [-0.4, -0.2) is 59.6 Å². The van der Waals surface area contributed by atoms with Crippen molar-refractivity contribution >= 4 is 34.8 Å². The second kappa shape index (κ2) is 10.9. The third-order valence-corrected chi connectivity index (χ3v) is 7.07. The van der Waals surface area contributed by atoms with Crippen molar-refractivity contribution in [3.05, 3.63) is 15.8 Å². The maximum absolute atomic E-state index is 13.7. The molecule has 2 atom stereocenters. The van der Waals surface area contributed by atoms with Gasteiger partial charge in [-0.3, -0.25) is 9.59 Å². The van der Waals surface area contributed by atoms with Crippen LogP contribution in [0.4, 0.5) is 5.69 Å². The predicted molar refractivity (Wildman–Crippen MR) is 133 cm³/mol. The molecule has 2 amide bonds. The lowest BCUT2D eigenvalue weighted by atomic mass is 9.88. The number of rotatable bonds is 5. The van der Waals surface area contributed by atoms with Crippen LogP contribution in [0.1, 0.15) is 81.3 Å². The molecule has 186 valence electrons. The summed E-state index contributed by atoms with van der Waals surface area (Å²) >= 11 is 1.05. The molecule has 3 rings (SSSR count). The summed E-state index contributed by atoms with van der Waals surface area (Å²) < 4.78 is 5.74. The first-order chi connectivity index (χ1) is 15.9. The number of amides is 2. The number of anilines is 1. The summed E-state index contributed by atoms with van der Waals surface area (Å²) in [5.41, 5.74) is 0.0270. The highest BCUT2D eigenvalue weighted by atomic mass is 32.1. The normalized spacial score (nSPS) is 21.5. The molecule has 2 aliphatic rings. The zero-order valence-electron chi connectivity index (χ0n) is 20.8. The van der Waals surface area contributed by atoms with Crippen molar-refractivity contribution < 1.29 is 24.2 Å². The van der Waals surface area contributed by atoms with Crippen LogP contribution in [0, 0.1) is 23.2 Å². The lowest BCUT2D eigenvalue weighted by Crippen LogP contribution is -2.52. The van der Waals surface area contributed by atoms with Gasteiger partial charge in [-0.05, 0) is 53.5 Å². The maximum atomic E-state index is 13.7. The minimum Gasteiger partial charge on any atom is -0.477 e. The molecular formula is C26H36N2O5S. The van der Waals surface area contributed by atoms with Crippen LogP contribution in [0.3, 0.4) is 0 Å². The molecule has 8 heteroatoms. The lowest BCUT2D eigenvalue weighted by molar-refractivity contribution is -0.142. The Morgan fingerprint density at radius 2 is 1.76 bits per heavy atom. The average Bonchev–Trinajstić information content (AvgIpc) is 3.19. The molecule has 1 saturated heterocycles. The van der Waals surface area contributed by atoms with Gasteiger partial charge in [0.1, 0.15) is 11.4 Å². The van der Waals surface area contributed by atoms with Crippen molar-refractivity contribution in [2.75, 3.05) is 24.5 Å². The average molecular weight is 489 g/mol. The molecule has 1 aromatic rings. The van der Waals surface area contributed by atoms with E-state index in [2.05, 4.69) is 11.8 Å². The molecule has 0 radical (unpaired) electrons. The standard InChI is InChI=1S/C26H36N2O5S/c1-17-14-27(15-18(2)33-17)22(29)16-28(24(30)19-9-7-6-8-10-19)21-13-20(11-12-26(3,4)5)34-23(21)25(31)32/h13,17-19H,6-10,14-16H2,1-5H3,(H,31,32)/t17-,18+. The number of thiophene rings is 1. The third kappa shape index (κ3) is 6.83. The number of carboxylic acids is 1. The smallest absolute Gasteiger partial charge is 0.348 e. The van der Waals surface area contributed by atoms with Gasteiger partial charge in [0, 0.05) is 24.4 Å². The van der Waals surface area contributed by atoms with Gasteiger partial charge in [0.2, 0.25) is 11.8 Å². The van der Waals surface area contributed by atoms with E-state index in [1.807, 2.05) is 34.6 Å². The van der Waals surface area contributed by atoms with Crippen molar-refractivity contribution in [2.45, 2.75) is 78.9 Å². The molecule has 2 fully saturated rings. The molecule has 0 aromatic carbocycles. The van der Waals surface area contributed by atoms with Crippen LogP contribution in [0.15, 0.2) is 6.07 Å². The van der Waals surface area contributed by atoms with Crippen LogP contribution < -0.4 is 4.90 Å². The number of carbonyl (C=O) groups is 3. The van der Waals surface area contributed by atoms with E-state index in [1.54, 1.807) is 11.0 Å². The fourth-order valence-corrected chi connectivity index (χ4v) is 5.37. The molecule has 0 bridgehead atoms. The van der Waals surface area contributed by atoms with E-state index >= 15 is 0 Å². The van der Waals surface area contributed by atoms with Crippen molar-refractivity contribution in [1.82, 2.24) is 4.90 Å². The van der Waals surface area contributed by atoms with Gasteiger partial charge in [0.25, 0.3) is 0 Å². The van der Waals surface area contributed by atoms with Crippen LogP contribution in [0.25, 0.3) is 0 Å². The van der Waals surface area contributed by atoms with Crippen LogP contribution in [0.2, 0.25) is 0 Å². The minimum absolute atomic E-state index is 0.0406. The Morgan fingerprint density at radius 1 is 1.15 bits per heavy atom. The molecule has 1 saturated carbocycles. The molecule has 1 aromatic heterocycles. The Bertz CT molecular complexity index is 968. The highest BCUT2D eigenvalue weighted by Gasteiger charge is 2.34. The Labute approximate surface area is 206 Å². The van der Waals surface area contributed by atoms with Gasteiger partial charge in [-0.1, -0.05) is 31.1 Å². The molecule has 1 aliphatic carbocycles. The highest BCUT2D eigenvalue weighted by Crippen LogP contribution is 2.34. The van der Waals surface area contributed by atoms with Crippen LogP contribution in [0.5, 0.6) is 0 Å². The van der Waals surface area contributed by atoms with Crippen molar-refractivity contribution in [3.63, 3.8) is 0 Å². The molecule has 7 nitrogen and oxygen atoms in total. The summed E-state index contributed by atoms with van der Waals surface area (Å²) in [5.74, 6) is 4.50. The van der Waals surface area contributed by atoms with Gasteiger partial charge in [-0.25, -0.2) is 4.79 Å². The molecule has 0 spiro atoms. The predicted octanol–water partition coefficient (Wildman–Crippen LogP) is 4.39. The Hall–Kier alpha value is -2.37. The number of aromatic carboxylic acids is 1. The summed E-state index contributed by atoms with van der Waals surface area (Å²) in [6.45, 7) is 10.5. The summed E-state index contributed by atoms with van der Waals surface area (Å²) in [7, 11) is 0. The Balaban J connectivity index is 1.96. The lowest BCUT2D eigenvalue weighted by Gasteiger charge is -2.37. The van der Waals surface area contributed by atoms with Crippen molar-refractivity contribution in [2.24, 2.45) is 11.3 Å². The monoisotopic (exact) mass is 488 g/mol. The minimum atomic E-state index is -1.12. The van der Waals surface area contributed by atoms with E-state index in [0.717, 1.165) is 43.4 Å². The molecular weight excluding hydrogens is 452 g/mol. The number of nitrogens with zero attached hydrogens (tertiary/aromatic N) is 2. The van der Waals surface area contributed by atoms with Crippen molar-refractivity contribution in [1.29, 1.82) is 0 Å². The summed E-state index contributed by atoms with van der Waals surface area (Å²) in [4.78, 5) is 42.8. The van der Waals surface area contributed by atoms with Crippen molar-refractivity contribution in [3.8, 4) is 11.8 Å². The van der Waals surface area contributed by atoms with E-state index in [9.17, 15) is 19.5 Å². The fraction of sp³-hybridized carbons (Fsp3) is 0.654. The summed E-state index contributed by atoms with van der Waals surface area (Å²) in [6, 6.07) is 1.66. The highest BCUT2D eigenvalue weighted by molar-refractivity contribution is 7.15. The van der Waals surface area contributed by atoms with Crippen LogP contribution >= 0.6 is 11.3 Å². The second-order valence-corrected chi connectivity index (χ2v) is 11.5. The molecule has 0 unspecified atom stereocenters. The van der Waals surface area contributed by atoms with E-state index in [-0.39, 0.29) is 52.5 Å². The fourth-order valence-electron chi connectivity index (χ4n) is 4.51. The van der Waals surface area contributed by atoms with Gasteiger partial charge in [-0.2, -0.15) is 0 Å². The van der Waals surface area contributed by atoms with Gasteiger partial charge in [0.05, 0.1) is 22.8 Å². The number of ether oxygens (including phenoxy) is 1. The van der Waals surface area contributed by atoms with E-state index in [1.165, 1.54) is 4.90 Å². The van der Waals surface area contributed by atoms with Gasteiger partial charge in [0.15, 0.2) is 0 Å². The number of morpholine rings is 1. The summed E-state index contributed by atoms with van der Waals surface area (Å²) in [5, 5.41) is 9.91. The molecule has 1 N–H and O–H groups in total. The molecule has 34 heavy (non-hydrogen) atoms. The first-order valence-electron chi connectivity index (χ1n) is 12.1. The SMILES string of the molecule is C[C@@H]1CN(C(=O)CN(C(=O)C2CCCCC2)c2cc(C#CC(C)(C)C)sc2C(=O)O)C[C@H](C)O1. The summed E-state index contributed by atoms with van der Waals surface area (Å²) in [6.07, 6.45) is 4.37. The zero-order valence-corrected chi connectivity index (χ0v) is 21.7. The first kappa shape index (κ1) is 26.2. The van der Waals surface area contributed by atoms with Gasteiger partial charge in [-0.15, -0.1) is 11.3 Å². The Morgan fingerprint density at radius 3 is 2.32 bits per heavy atom. The zero-order chi connectivity index (χ0) is 25.0. The van der Waals surface area contributed by atoms with E-state index in [0.29, 0.717) is 18.0 Å². The molecule has 1 aliphatic heterocycles. The third-order valence-electron chi connectivity index (χ3n) is 6.04. The number of hydrogen-bond acceptors (Lipinski definition) is 5. The number of hydrogen-bond donors (Lipinski definition) is 1. The quantitative estimate of drug-likeness (QED) is 0.621. The van der Waals surface area contributed by atoms with E-state index in [4.69, 9.17) is 4.74 Å². The van der Waals surface area contributed by atoms with E-state index < -0.39 is 5.97 Å². The number of carbonyl (C=O) groups excluding carboxylic acids is 2. The first-order valence-corrected chi connectivity index (χ1v) is 12.9. The van der Waals surface area contributed by atoms with Crippen LogP contribution in [-0.2, 0) is 14.3 Å². The van der Waals surface area contributed by atoms with Gasteiger partial charge < -0.3 is 19.6 Å². The topological polar surface area (TPSA) is 87.2 Å². The molecule has 2 heterocycles. The van der Waals surface area contributed by atoms with Gasteiger partial charge >= 0.3 is 5.97 Å².